The highest BCUT2D eigenvalue weighted by molar-refractivity contribution is 7.92. The maximum Gasteiger partial charge on any atom is 0.264 e. The Morgan fingerprint density at radius 1 is 1.19 bits per heavy atom. The van der Waals surface area contributed by atoms with E-state index in [9.17, 15) is 13.5 Å². The van der Waals surface area contributed by atoms with Crippen LogP contribution in [0.3, 0.4) is 0 Å². The quantitative estimate of drug-likeness (QED) is 0.664. The lowest BCUT2D eigenvalue weighted by atomic mass is 10.3. The summed E-state index contributed by atoms with van der Waals surface area (Å²) in [6.45, 7) is 0. The predicted molar refractivity (Wildman–Crippen MR) is 81.1 cm³/mol. The van der Waals surface area contributed by atoms with Crippen molar-refractivity contribution in [1.29, 1.82) is 0 Å². The van der Waals surface area contributed by atoms with Crippen LogP contribution in [-0.4, -0.2) is 27.7 Å². The van der Waals surface area contributed by atoms with Crippen LogP contribution in [0.25, 0.3) is 0 Å². The van der Waals surface area contributed by atoms with Gasteiger partial charge in [0.1, 0.15) is 11.5 Å². The van der Waals surface area contributed by atoms with Gasteiger partial charge in [-0.25, -0.2) is 8.42 Å². The number of hydrogen-bond acceptors (Lipinski definition) is 5. The molecule has 21 heavy (non-hydrogen) atoms. The standard InChI is InChI=1S/C14H16N2O4S/c1-16(12-5-3-4-6-14(12)20-2)21(18,19)10-7-8-13(17)11(15)9-10/h3-9,17H,15H2,1-2H3. The highest BCUT2D eigenvalue weighted by atomic mass is 32.2. The molecule has 3 N–H and O–H groups in total. The van der Waals surface area contributed by atoms with Gasteiger partial charge in [-0.2, -0.15) is 0 Å². The van der Waals surface area contributed by atoms with Gasteiger partial charge in [0, 0.05) is 7.05 Å². The van der Waals surface area contributed by atoms with Gasteiger partial charge in [0.25, 0.3) is 10.0 Å². The van der Waals surface area contributed by atoms with Crippen LogP contribution in [0.1, 0.15) is 0 Å². The molecule has 0 radical (unpaired) electrons. The smallest absolute Gasteiger partial charge is 0.264 e. The summed E-state index contributed by atoms with van der Waals surface area (Å²) in [6.07, 6.45) is 0. The van der Waals surface area contributed by atoms with E-state index >= 15 is 0 Å². The van der Waals surface area contributed by atoms with E-state index in [2.05, 4.69) is 0 Å². The molecule has 0 aliphatic heterocycles. The molecule has 2 aromatic rings. The zero-order valence-electron chi connectivity index (χ0n) is 11.6. The van der Waals surface area contributed by atoms with E-state index in [1.54, 1.807) is 24.3 Å². The summed E-state index contributed by atoms with van der Waals surface area (Å²) in [7, 11) is -0.905. The number of hydrogen-bond donors (Lipinski definition) is 2. The van der Waals surface area contributed by atoms with E-state index in [-0.39, 0.29) is 16.3 Å². The van der Waals surface area contributed by atoms with Gasteiger partial charge in [-0.15, -0.1) is 0 Å². The minimum Gasteiger partial charge on any atom is -0.506 e. The van der Waals surface area contributed by atoms with Crippen molar-refractivity contribution in [3.63, 3.8) is 0 Å². The lowest BCUT2D eigenvalue weighted by molar-refractivity contribution is 0.416. The maximum absolute atomic E-state index is 12.6. The second kappa shape index (κ2) is 5.53. The SMILES string of the molecule is COc1ccccc1N(C)S(=O)(=O)c1ccc(O)c(N)c1. The first kappa shape index (κ1) is 15.0. The van der Waals surface area contributed by atoms with E-state index < -0.39 is 10.0 Å². The van der Waals surface area contributed by atoms with Crippen molar-refractivity contribution in [3.05, 3.63) is 42.5 Å². The second-order valence-corrected chi connectivity index (χ2v) is 6.33. The van der Waals surface area contributed by atoms with Crippen LogP contribution in [0.5, 0.6) is 11.5 Å². The molecular formula is C14H16N2O4S. The van der Waals surface area contributed by atoms with Crippen LogP contribution in [0.2, 0.25) is 0 Å². The summed E-state index contributed by atoms with van der Waals surface area (Å²) < 4.78 is 31.5. The number of benzene rings is 2. The topological polar surface area (TPSA) is 92.9 Å². The lowest BCUT2D eigenvalue weighted by Gasteiger charge is -2.21. The van der Waals surface area contributed by atoms with Crippen LogP contribution in [0.15, 0.2) is 47.4 Å². The van der Waals surface area contributed by atoms with Gasteiger partial charge >= 0.3 is 0 Å². The molecular weight excluding hydrogens is 292 g/mol. The highest BCUT2D eigenvalue weighted by Gasteiger charge is 2.24. The fraction of sp³-hybridized carbons (Fsp3) is 0.143. The molecule has 112 valence electrons. The maximum atomic E-state index is 12.6. The Kier molecular flexibility index (Phi) is 3.95. The molecule has 0 fully saturated rings. The molecule has 0 aromatic heterocycles. The molecule has 0 unspecified atom stereocenters. The molecule has 2 aromatic carbocycles. The minimum absolute atomic E-state index is 0.00417. The Hall–Kier alpha value is -2.41. The van der Waals surface area contributed by atoms with Crippen molar-refractivity contribution in [2.24, 2.45) is 0 Å². The summed E-state index contributed by atoms with van der Waals surface area (Å²) in [6, 6.07) is 10.5. The fourth-order valence-corrected chi connectivity index (χ4v) is 3.11. The molecule has 0 aliphatic rings. The van der Waals surface area contributed by atoms with Crippen molar-refractivity contribution in [3.8, 4) is 11.5 Å². The third-order valence-electron chi connectivity index (χ3n) is 3.08. The Labute approximate surface area is 123 Å². The fourth-order valence-electron chi connectivity index (χ4n) is 1.87. The molecule has 0 saturated heterocycles. The number of sulfonamides is 1. The van der Waals surface area contributed by atoms with Crippen LogP contribution < -0.4 is 14.8 Å². The molecule has 2 rings (SSSR count). The van der Waals surface area contributed by atoms with Crippen LogP contribution in [-0.2, 0) is 10.0 Å². The molecule has 0 saturated carbocycles. The number of methoxy groups -OCH3 is 1. The molecule has 0 spiro atoms. The van der Waals surface area contributed by atoms with Gasteiger partial charge in [0.15, 0.2) is 0 Å². The van der Waals surface area contributed by atoms with Crippen LogP contribution >= 0.6 is 0 Å². The number of nitrogens with zero attached hydrogens (tertiary/aromatic N) is 1. The van der Waals surface area contributed by atoms with Crippen molar-refractivity contribution in [2.45, 2.75) is 4.90 Å². The van der Waals surface area contributed by atoms with Gasteiger partial charge < -0.3 is 15.6 Å². The minimum atomic E-state index is -3.80. The Morgan fingerprint density at radius 2 is 1.86 bits per heavy atom. The van der Waals surface area contributed by atoms with E-state index in [0.717, 1.165) is 4.31 Å². The third-order valence-corrected chi connectivity index (χ3v) is 4.85. The molecule has 0 aliphatic carbocycles. The Balaban J connectivity index is 2.50. The summed E-state index contributed by atoms with van der Waals surface area (Å²) in [5, 5.41) is 9.39. The summed E-state index contributed by atoms with van der Waals surface area (Å²) >= 11 is 0. The number of anilines is 2. The van der Waals surface area contributed by atoms with E-state index in [4.69, 9.17) is 10.5 Å². The van der Waals surface area contributed by atoms with Crippen molar-refractivity contribution in [2.75, 3.05) is 24.2 Å². The molecule has 0 amide bonds. The first-order valence-electron chi connectivity index (χ1n) is 6.08. The van der Waals surface area contributed by atoms with E-state index in [1.807, 2.05) is 0 Å². The van der Waals surface area contributed by atoms with Crippen molar-refractivity contribution in [1.82, 2.24) is 0 Å². The van der Waals surface area contributed by atoms with Gasteiger partial charge in [0.05, 0.1) is 23.4 Å². The highest BCUT2D eigenvalue weighted by Crippen LogP contribution is 2.32. The van der Waals surface area contributed by atoms with Gasteiger partial charge in [-0.3, -0.25) is 4.31 Å². The third kappa shape index (κ3) is 2.73. The Bertz CT molecular complexity index is 759. The lowest BCUT2D eigenvalue weighted by Crippen LogP contribution is -2.27. The number of phenols is 1. The zero-order valence-corrected chi connectivity index (χ0v) is 12.5. The predicted octanol–water partition coefficient (Wildman–Crippen LogP) is 1.81. The number of aromatic hydroxyl groups is 1. The number of nitrogen functional groups attached to an aromatic ring is 1. The number of para-hydroxylation sites is 2. The Morgan fingerprint density at radius 3 is 2.48 bits per heavy atom. The molecule has 0 atom stereocenters. The van der Waals surface area contributed by atoms with Gasteiger partial charge in [0.2, 0.25) is 0 Å². The molecule has 0 heterocycles. The zero-order chi connectivity index (χ0) is 15.6. The average Bonchev–Trinajstić information content (AvgIpc) is 2.49. The van der Waals surface area contributed by atoms with E-state index in [1.165, 1.54) is 32.4 Å². The molecule has 6 nitrogen and oxygen atoms in total. The first-order valence-corrected chi connectivity index (χ1v) is 7.52. The number of nitrogens with two attached hydrogens (primary N) is 1. The van der Waals surface area contributed by atoms with Crippen molar-refractivity contribution < 1.29 is 18.3 Å². The number of rotatable bonds is 4. The van der Waals surface area contributed by atoms with Gasteiger partial charge in [-0.05, 0) is 30.3 Å². The number of ether oxygens (including phenoxy) is 1. The van der Waals surface area contributed by atoms with Crippen LogP contribution in [0, 0.1) is 0 Å². The van der Waals surface area contributed by atoms with Crippen LogP contribution in [0.4, 0.5) is 11.4 Å². The summed E-state index contributed by atoms with van der Waals surface area (Å²) in [4.78, 5) is -0.00814. The average molecular weight is 308 g/mol. The van der Waals surface area contributed by atoms with Gasteiger partial charge in [-0.1, -0.05) is 12.1 Å². The molecule has 7 heteroatoms. The van der Waals surface area contributed by atoms with Crippen molar-refractivity contribution >= 4 is 21.4 Å². The summed E-state index contributed by atoms with van der Waals surface area (Å²) in [5.74, 6) is 0.282. The number of phenolic OH excluding ortho intramolecular Hbond substituents is 1. The monoisotopic (exact) mass is 308 g/mol. The first-order chi connectivity index (χ1) is 9.87. The van der Waals surface area contributed by atoms with E-state index in [0.29, 0.717) is 11.4 Å². The normalized spacial score (nSPS) is 11.1. The second-order valence-electron chi connectivity index (χ2n) is 4.37. The summed E-state index contributed by atoms with van der Waals surface area (Å²) in [5.41, 5.74) is 5.97. The largest absolute Gasteiger partial charge is 0.506 e. The molecule has 0 bridgehead atoms.